The molecule has 0 spiro atoms. The Kier molecular flexibility index (Phi) is 2.13. The number of amides is 1. The van der Waals surface area contributed by atoms with Gasteiger partial charge in [-0.1, -0.05) is 6.07 Å². The molecule has 16 heavy (non-hydrogen) atoms. The van der Waals surface area contributed by atoms with Crippen molar-refractivity contribution in [3.63, 3.8) is 0 Å². The van der Waals surface area contributed by atoms with Crippen LogP contribution in [0.25, 0.3) is 0 Å². The Morgan fingerprint density at radius 2 is 2.25 bits per heavy atom. The van der Waals surface area contributed by atoms with E-state index in [-0.39, 0.29) is 5.91 Å². The predicted molar refractivity (Wildman–Crippen MR) is 63.6 cm³/mol. The van der Waals surface area contributed by atoms with Gasteiger partial charge in [-0.3, -0.25) is 4.79 Å². The second kappa shape index (κ2) is 3.51. The van der Waals surface area contributed by atoms with Crippen molar-refractivity contribution in [1.82, 2.24) is 4.90 Å². The van der Waals surface area contributed by atoms with Crippen LogP contribution in [-0.2, 0) is 0 Å². The molecule has 2 aliphatic heterocycles. The van der Waals surface area contributed by atoms with Crippen molar-refractivity contribution >= 4 is 11.6 Å². The van der Waals surface area contributed by atoms with Crippen LogP contribution in [0.3, 0.4) is 0 Å². The molecular weight excluding hydrogens is 200 g/mol. The van der Waals surface area contributed by atoms with Gasteiger partial charge in [0.25, 0.3) is 5.91 Å². The van der Waals surface area contributed by atoms with Crippen LogP contribution in [-0.4, -0.2) is 24.4 Å². The van der Waals surface area contributed by atoms with Gasteiger partial charge >= 0.3 is 0 Å². The molecule has 1 aromatic rings. The molecular formula is C13H16N2O. The summed E-state index contributed by atoms with van der Waals surface area (Å²) in [5.41, 5.74) is 3.23. The highest BCUT2D eigenvalue weighted by Gasteiger charge is 2.39. The molecule has 3 rings (SSSR count). The molecule has 0 aliphatic carbocycles. The van der Waals surface area contributed by atoms with Gasteiger partial charge in [0.1, 0.15) is 0 Å². The van der Waals surface area contributed by atoms with Gasteiger partial charge in [0.2, 0.25) is 0 Å². The van der Waals surface area contributed by atoms with E-state index in [0.717, 1.165) is 30.6 Å². The van der Waals surface area contributed by atoms with Crippen LogP contribution in [0.2, 0.25) is 0 Å². The third-order valence-electron chi connectivity index (χ3n) is 3.70. The lowest BCUT2D eigenvalue weighted by Crippen LogP contribution is -2.32. The summed E-state index contributed by atoms with van der Waals surface area (Å²) in [5, 5.41) is 3.20. The summed E-state index contributed by atoms with van der Waals surface area (Å²) in [6.07, 6.45) is 3.48. The minimum absolute atomic E-state index is 0.219. The van der Waals surface area contributed by atoms with Crippen LogP contribution in [0.1, 0.15) is 41.2 Å². The molecule has 1 aromatic carbocycles. The average molecular weight is 216 g/mol. The van der Waals surface area contributed by atoms with Crippen LogP contribution in [0.5, 0.6) is 0 Å². The van der Waals surface area contributed by atoms with E-state index in [1.807, 2.05) is 24.1 Å². The summed E-state index contributed by atoms with van der Waals surface area (Å²) in [5.74, 6) is 0.219. The number of nitrogens with one attached hydrogen (secondary N) is 1. The zero-order valence-electron chi connectivity index (χ0n) is 9.49. The molecule has 1 N–H and O–H groups in total. The Labute approximate surface area is 95.4 Å². The maximum absolute atomic E-state index is 12.2. The van der Waals surface area contributed by atoms with Crippen molar-refractivity contribution in [3.8, 4) is 0 Å². The van der Waals surface area contributed by atoms with Crippen LogP contribution in [0.15, 0.2) is 18.2 Å². The number of rotatable bonds is 1. The maximum Gasteiger partial charge on any atom is 0.254 e. The van der Waals surface area contributed by atoms with E-state index in [4.69, 9.17) is 0 Å². The fourth-order valence-corrected chi connectivity index (χ4v) is 2.96. The SMILES string of the molecule is CNc1cccc2c1C1CCCCN1C2=O. The number of anilines is 1. The van der Waals surface area contributed by atoms with Crippen molar-refractivity contribution in [2.24, 2.45) is 0 Å². The monoisotopic (exact) mass is 216 g/mol. The number of carbonyl (C=O) groups excluding carboxylic acids is 1. The Morgan fingerprint density at radius 1 is 1.38 bits per heavy atom. The number of hydrogen-bond acceptors (Lipinski definition) is 2. The van der Waals surface area contributed by atoms with E-state index in [1.54, 1.807) is 0 Å². The fourth-order valence-electron chi connectivity index (χ4n) is 2.96. The molecule has 1 saturated heterocycles. The molecule has 0 saturated carbocycles. The Morgan fingerprint density at radius 3 is 3.06 bits per heavy atom. The lowest BCUT2D eigenvalue weighted by molar-refractivity contribution is 0.0672. The molecule has 3 nitrogen and oxygen atoms in total. The summed E-state index contributed by atoms with van der Waals surface area (Å²) >= 11 is 0. The molecule has 2 aliphatic rings. The quantitative estimate of drug-likeness (QED) is 0.781. The maximum atomic E-state index is 12.2. The first-order chi connectivity index (χ1) is 7.83. The molecule has 3 heteroatoms. The van der Waals surface area contributed by atoms with Gasteiger partial charge in [0, 0.05) is 30.4 Å². The van der Waals surface area contributed by atoms with E-state index in [2.05, 4.69) is 11.4 Å². The van der Waals surface area contributed by atoms with Crippen LogP contribution in [0.4, 0.5) is 5.69 Å². The zero-order chi connectivity index (χ0) is 11.1. The van der Waals surface area contributed by atoms with Crippen molar-refractivity contribution in [2.45, 2.75) is 25.3 Å². The average Bonchev–Trinajstić information content (AvgIpc) is 2.64. The van der Waals surface area contributed by atoms with Gasteiger partial charge < -0.3 is 10.2 Å². The standard InChI is InChI=1S/C13H16N2O/c1-14-10-6-4-5-9-12(10)11-7-2-3-8-15(11)13(9)16/h4-6,11,14H,2-3,7-8H2,1H3. The van der Waals surface area contributed by atoms with Gasteiger partial charge in [0.15, 0.2) is 0 Å². The van der Waals surface area contributed by atoms with E-state index in [0.29, 0.717) is 6.04 Å². The molecule has 0 bridgehead atoms. The summed E-state index contributed by atoms with van der Waals surface area (Å²) in [7, 11) is 1.92. The minimum Gasteiger partial charge on any atom is -0.388 e. The number of nitrogens with zero attached hydrogens (tertiary/aromatic N) is 1. The van der Waals surface area contributed by atoms with Crippen molar-refractivity contribution in [1.29, 1.82) is 0 Å². The Balaban J connectivity index is 2.14. The normalized spacial score (nSPS) is 22.9. The number of carbonyl (C=O) groups is 1. The van der Waals surface area contributed by atoms with Crippen molar-refractivity contribution < 1.29 is 4.79 Å². The molecule has 1 atom stereocenters. The third-order valence-corrected chi connectivity index (χ3v) is 3.70. The van der Waals surface area contributed by atoms with Gasteiger partial charge in [-0.2, -0.15) is 0 Å². The fraction of sp³-hybridized carbons (Fsp3) is 0.462. The molecule has 2 heterocycles. The molecule has 1 fully saturated rings. The van der Waals surface area contributed by atoms with Gasteiger partial charge in [-0.15, -0.1) is 0 Å². The number of benzene rings is 1. The minimum atomic E-state index is 0.219. The lowest BCUT2D eigenvalue weighted by Gasteiger charge is -2.30. The summed E-state index contributed by atoms with van der Waals surface area (Å²) in [4.78, 5) is 14.2. The van der Waals surface area contributed by atoms with E-state index >= 15 is 0 Å². The molecule has 0 radical (unpaired) electrons. The Hall–Kier alpha value is -1.51. The second-order valence-electron chi connectivity index (χ2n) is 4.53. The zero-order valence-corrected chi connectivity index (χ0v) is 9.49. The Bertz CT molecular complexity index is 442. The number of piperidine rings is 1. The van der Waals surface area contributed by atoms with E-state index in [9.17, 15) is 4.79 Å². The predicted octanol–water partition coefficient (Wildman–Crippen LogP) is 2.41. The van der Waals surface area contributed by atoms with Gasteiger partial charge in [-0.05, 0) is 31.4 Å². The van der Waals surface area contributed by atoms with Crippen LogP contribution in [0, 0.1) is 0 Å². The summed E-state index contributed by atoms with van der Waals surface area (Å²) in [6.45, 7) is 0.918. The first kappa shape index (κ1) is 9.70. The number of fused-ring (bicyclic) bond motifs is 3. The molecule has 1 unspecified atom stereocenters. The van der Waals surface area contributed by atoms with Crippen molar-refractivity contribution in [2.75, 3.05) is 18.9 Å². The largest absolute Gasteiger partial charge is 0.388 e. The molecule has 84 valence electrons. The third kappa shape index (κ3) is 1.17. The van der Waals surface area contributed by atoms with Crippen LogP contribution >= 0.6 is 0 Å². The highest BCUT2D eigenvalue weighted by molar-refractivity contribution is 6.01. The number of hydrogen-bond donors (Lipinski definition) is 1. The van der Waals surface area contributed by atoms with Crippen LogP contribution < -0.4 is 5.32 Å². The smallest absolute Gasteiger partial charge is 0.254 e. The second-order valence-corrected chi connectivity index (χ2v) is 4.53. The van der Waals surface area contributed by atoms with Crippen molar-refractivity contribution in [3.05, 3.63) is 29.3 Å². The first-order valence-electron chi connectivity index (χ1n) is 5.94. The van der Waals surface area contributed by atoms with Gasteiger partial charge in [-0.25, -0.2) is 0 Å². The summed E-state index contributed by atoms with van der Waals surface area (Å²) in [6, 6.07) is 6.29. The van der Waals surface area contributed by atoms with Gasteiger partial charge in [0.05, 0.1) is 6.04 Å². The highest BCUT2D eigenvalue weighted by atomic mass is 16.2. The molecule has 0 aromatic heterocycles. The lowest BCUT2D eigenvalue weighted by atomic mass is 9.96. The van der Waals surface area contributed by atoms with E-state index < -0.39 is 0 Å². The van der Waals surface area contributed by atoms with E-state index in [1.165, 1.54) is 12.0 Å². The topological polar surface area (TPSA) is 32.3 Å². The molecule has 1 amide bonds. The highest BCUT2D eigenvalue weighted by Crippen LogP contribution is 2.43. The first-order valence-corrected chi connectivity index (χ1v) is 5.94. The summed E-state index contributed by atoms with van der Waals surface area (Å²) < 4.78 is 0.